The predicted octanol–water partition coefficient (Wildman–Crippen LogP) is -0.227. The van der Waals surface area contributed by atoms with E-state index in [0.717, 1.165) is 0 Å². The van der Waals surface area contributed by atoms with Crippen LogP contribution in [0.25, 0.3) is 11.2 Å². The number of phenols is 1. The molecule has 1 fully saturated rings. The Hall–Kier alpha value is -3.19. The van der Waals surface area contributed by atoms with Gasteiger partial charge in [0, 0.05) is 18.2 Å². The summed E-state index contributed by atoms with van der Waals surface area (Å²) in [6.07, 6.45) is -1.60. The van der Waals surface area contributed by atoms with Crippen LogP contribution in [0.1, 0.15) is 11.8 Å². The molecule has 4 atom stereocenters. The largest absolute Gasteiger partial charge is 0.504 e. The first kappa shape index (κ1) is 21.1. The number of hydrogen-bond acceptors (Lipinski definition) is 11. The van der Waals surface area contributed by atoms with Crippen molar-refractivity contribution in [1.82, 2.24) is 19.5 Å². The molecule has 5 N–H and O–H groups in total. The Bertz CT molecular complexity index is 1080. The molecule has 166 valence electrons. The zero-order valence-electron chi connectivity index (χ0n) is 16.8. The van der Waals surface area contributed by atoms with Crippen LogP contribution in [0, 0.1) is 0 Å². The van der Waals surface area contributed by atoms with Crippen molar-refractivity contribution in [2.75, 3.05) is 26.1 Å². The molecule has 1 unspecified atom stereocenters. The fourth-order valence-corrected chi connectivity index (χ4v) is 3.54. The molecule has 4 rings (SSSR count). The first-order valence-corrected chi connectivity index (χ1v) is 9.46. The molecule has 0 amide bonds. The Labute approximate surface area is 176 Å². The maximum Gasteiger partial charge on any atom is 0.167 e. The van der Waals surface area contributed by atoms with E-state index < -0.39 is 31.1 Å². The lowest BCUT2D eigenvalue weighted by molar-refractivity contribution is -0.0511. The molecule has 1 aromatic carbocycles. The Kier molecular flexibility index (Phi) is 5.78. The lowest BCUT2D eigenvalue weighted by Gasteiger charge is -2.16. The van der Waals surface area contributed by atoms with Crippen LogP contribution in [0.3, 0.4) is 0 Å². The fraction of sp³-hybridized carbons (Fsp3) is 0.421. The van der Waals surface area contributed by atoms with Gasteiger partial charge in [-0.2, -0.15) is 0 Å². The number of phenolic OH excluding ortho intramolecular Hbond substituents is 1. The van der Waals surface area contributed by atoms with Crippen LogP contribution in [0.2, 0.25) is 0 Å². The highest BCUT2D eigenvalue weighted by molar-refractivity contribution is 5.82. The minimum Gasteiger partial charge on any atom is -0.504 e. The molecule has 0 saturated carbocycles. The van der Waals surface area contributed by atoms with Crippen LogP contribution in [0.15, 0.2) is 24.8 Å². The summed E-state index contributed by atoms with van der Waals surface area (Å²) < 4.78 is 17.5. The second-order valence-electron chi connectivity index (χ2n) is 6.96. The number of rotatable bonds is 7. The molecule has 12 heteroatoms. The number of hydrogen-bond donors (Lipinski definition) is 5. The van der Waals surface area contributed by atoms with E-state index in [9.17, 15) is 20.4 Å². The van der Waals surface area contributed by atoms with Crippen molar-refractivity contribution in [3.8, 4) is 17.2 Å². The van der Waals surface area contributed by atoms with Crippen molar-refractivity contribution in [2.24, 2.45) is 0 Å². The van der Waals surface area contributed by atoms with Gasteiger partial charge in [0.2, 0.25) is 0 Å². The number of nitrogens with one attached hydrogen (secondary N) is 1. The quantitative estimate of drug-likeness (QED) is 0.334. The van der Waals surface area contributed by atoms with Gasteiger partial charge in [-0.3, -0.25) is 4.57 Å². The van der Waals surface area contributed by atoms with Gasteiger partial charge in [-0.1, -0.05) is 0 Å². The average Bonchev–Trinajstić information content (AvgIpc) is 3.33. The topological polar surface area (TPSA) is 164 Å². The number of ether oxygens (including phenoxy) is 3. The lowest BCUT2D eigenvalue weighted by Crippen LogP contribution is -2.33. The number of aliphatic hydroxyl groups excluding tert-OH is 3. The third-order valence-corrected chi connectivity index (χ3v) is 5.18. The number of anilines is 1. The van der Waals surface area contributed by atoms with E-state index in [4.69, 9.17) is 14.2 Å². The molecule has 1 aliphatic rings. The van der Waals surface area contributed by atoms with Gasteiger partial charge in [0.1, 0.15) is 30.4 Å². The molecule has 0 radical (unpaired) electrons. The van der Waals surface area contributed by atoms with Crippen molar-refractivity contribution in [3.05, 3.63) is 30.4 Å². The molecule has 1 saturated heterocycles. The molecule has 31 heavy (non-hydrogen) atoms. The molecular weight excluding hydrogens is 410 g/mol. The predicted molar refractivity (Wildman–Crippen MR) is 107 cm³/mol. The normalized spacial score (nSPS) is 23.3. The molecule has 0 aliphatic carbocycles. The number of aliphatic hydroxyl groups is 3. The summed E-state index contributed by atoms with van der Waals surface area (Å²) in [7, 11) is 2.95. The van der Waals surface area contributed by atoms with Gasteiger partial charge in [-0.25, -0.2) is 15.0 Å². The summed E-state index contributed by atoms with van der Waals surface area (Å²) in [4.78, 5) is 12.8. The fourth-order valence-electron chi connectivity index (χ4n) is 3.54. The highest BCUT2D eigenvalue weighted by Gasteiger charge is 2.44. The highest BCUT2D eigenvalue weighted by atomic mass is 16.6. The van der Waals surface area contributed by atoms with Crippen LogP contribution in [-0.2, 0) is 11.3 Å². The Morgan fingerprint density at radius 2 is 1.87 bits per heavy atom. The summed E-state index contributed by atoms with van der Waals surface area (Å²) in [5, 5.41) is 42.7. The van der Waals surface area contributed by atoms with Crippen molar-refractivity contribution >= 4 is 17.0 Å². The first-order chi connectivity index (χ1) is 15.0. The van der Waals surface area contributed by atoms with Gasteiger partial charge in [-0.15, -0.1) is 0 Å². The van der Waals surface area contributed by atoms with Gasteiger partial charge in [0.05, 0.1) is 27.2 Å². The zero-order chi connectivity index (χ0) is 22.1. The van der Waals surface area contributed by atoms with E-state index in [1.165, 1.54) is 37.5 Å². The SMILES string of the molecule is COc1cc(CNc2ncnc3c2ncn3C2O[C@H](CO)[C@@H](O)[C@H]2O)c(OC)cc1O. The summed E-state index contributed by atoms with van der Waals surface area (Å²) in [6.45, 7) is -0.145. The van der Waals surface area contributed by atoms with E-state index in [2.05, 4.69) is 20.3 Å². The molecule has 0 spiro atoms. The molecule has 3 aromatic rings. The lowest BCUT2D eigenvalue weighted by atomic mass is 10.1. The van der Waals surface area contributed by atoms with Crippen molar-refractivity contribution in [1.29, 1.82) is 0 Å². The van der Waals surface area contributed by atoms with Gasteiger partial charge in [0.25, 0.3) is 0 Å². The summed E-state index contributed by atoms with van der Waals surface area (Å²) in [5.41, 5.74) is 1.51. The Morgan fingerprint density at radius 1 is 1.10 bits per heavy atom. The van der Waals surface area contributed by atoms with Crippen LogP contribution < -0.4 is 14.8 Å². The summed E-state index contributed by atoms with van der Waals surface area (Å²) >= 11 is 0. The van der Waals surface area contributed by atoms with Crippen molar-refractivity contribution in [2.45, 2.75) is 31.1 Å². The number of benzene rings is 1. The first-order valence-electron chi connectivity index (χ1n) is 9.46. The monoisotopic (exact) mass is 433 g/mol. The second-order valence-corrected chi connectivity index (χ2v) is 6.96. The number of fused-ring (bicyclic) bond motifs is 1. The van der Waals surface area contributed by atoms with Crippen LogP contribution in [-0.4, -0.2) is 79.1 Å². The van der Waals surface area contributed by atoms with E-state index >= 15 is 0 Å². The minimum atomic E-state index is -1.25. The third-order valence-electron chi connectivity index (χ3n) is 5.18. The Balaban J connectivity index is 1.61. The maximum atomic E-state index is 10.3. The van der Waals surface area contributed by atoms with E-state index in [-0.39, 0.29) is 12.3 Å². The van der Waals surface area contributed by atoms with Gasteiger partial charge in [-0.05, 0) is 6.07 Å². The highest BCUT2D eigenvalue weighted by Crippen LogP contribution is 2.35. The number of methoxy groups -OCH3 is 2. The number of aromatic nitrogens is 4. The maximum absolute atomic E-state index is 10.3. The molecule has 1 aliphatic heterocycles. The number of imidazole rings is 1. The number of aromatic hydroxyl groups is 1. The molecule has 2 aromatic heterocycles. The van der Waals surface area contributed by atoms with E-state index in [0.29, 0.717) is 34.0 Å². The van der Waals surface area contributed by atoms with Crippen LogP contribution >= 0.6 is 0 Å². The zero-order valence-corrected chi connectivity index (χ0v) is 16.8. The third kappa shape index (κ3) is 3.70. The Morgan fingerprint density at radius 3 is 2.55 bits per heavy atom. The smallest absolute Gasteiger partial charge is 0.167 e. The standard InChI is InChI=1S/C19H23N5O7/c1-29-11-4-10(26)12(30-2)3-9(11)5-20-17-14-18(22-7-21-17)24(8-23-14)19-16(28)15(27)13(6-25)31-19/h3-4,7-8,13,15-16,19,25-28H,5-6H2,1-2H3,(H,20,21,22)/t13-,15-,16-,19?/m1/s1. The summed E-state index contributed by atoms with van der Waals surface area (Å²) in [5.74, 6) is 1.15. The molecule has 0 bridgehead atoms. The van der Waals surface area contributed by atoms with Crippen LogP contribution in [0.4, 0.5) is 5.82 Å². The van der Waals surface area contributed by atoms with Gasteiger partial charge < -0.3 is 40.0 Å². The van der Waals surface area contributed by atoms with Gasteiger partial charge in [0.15, 0.2) is 34.7 Å². The molecule has 3 heterocycles. The van der Waals surface area contributed by atoms with Crippen LogP contribution in [0.5, 0.6) is 17.2 Å². The van der Waals surface area contributed by atoms with Crippen molar-refractivity contribution in [3.63, 3.8) is 0 Å². The minimum absolute atomic E-state index is 0.0373. The van der Waals surface area contributed by atoms with Gasteiger partial charge >= 0.3 is 0 Å². The second kappa shape index (κ2) is 8.51. The van der Waals surface area contributed by atoms with E-state index in [1.807, 2.05) is 0 Å². The average molecular weight is 433 g/mol. The summed E-state index contributed by atoms with van der Waals surface area (Å²) in [6, 6.07) is 3.11. The van der Waals surface area contributed by atoms with E-state index in [1.54, 1.807) is 6.07 Å². The van der Waals surface area contributed by atoms with Crippen molar-refractivity contribution < 1.29 is 34.6 Å². The number of nitrogens with zero attached hydrogens (tertiary/aromatic N) is 4. The molecular formula is C19H23N5O7. The molecule has 12 nitrogen and oxygen atoms in total.